The molecule has 1 heterocycles. The Morgan fingerprint density at radius 2 is 2.18 bits per heavy atom. The Morgan fingerprint density at radius 3 is 2.86 bits per heavy atom. The van der Waals surface area contributed by atoms with Crippen molar-refractivity contribution in [3.63, 3.8) is 0 Å². The van der Waals surface area contributed by atoms with Crippen molar-refractivity contribution in [3.8, 4) is 0 Å². The maximum atomic E-state index is 13.3. The van der Waals surface area contributed by atoms with Gasteiger partial charge in [-0.25, -0.2) is 9.18 Å². The van der Waals surface area contributed by atoms with Gasteiger partial charge in [-0.05, 0) is 57.4 Å². The van der Waals surface area contributed by atoms with Crippen LogP contribution in [0.5, 0.6) is 0 Å². The van der Waals surface area contributed by atoms with Gasteiger partial charge in [-0.2, -0.15) is 0 Å². The van der Waals surface area contributed by atoms with Crippen molar-refractivity contribution in [2.75, 3.05) is 6.54 Å². The van der Waals surface area contributed by atoms with E-state index in [1.807, 2.05) is 32.9 Å². The molecule has 0 N–H and O–H groups in total. The number of amides is 1. The molecular formula is C17H21BrFNO2. The number of nitrogens with zero attached hydrogens (tertiary/aromatic N) is 1. The van der Waals surface area contributed by atoms with Gasteiger partial charge >= 0.3 is 6.09 Å². The zero-order chi connectivity index (χ0) is 16.3. The van der Waals surface area contributed by atoms with E-state index < -0.39 is 5.60 Å². The first-order valence-electron chi connectivity index (χ1n) is 7.39. The summed E-state index contributed by atoms with van der Waals surface area (Å²) < 4.78 is 19.6. The molecule has 5 heteroatoms. The first-order valence-corrected chi connectivity index (χ1v) is 8.18. The zero-order valence-corrected chi connectivity index (χ0v) is 14.7. The van der Waals surface area contributed by atoms with Crippen LogP contribution in [0.25, 0.3) is 6.08 Å². The number of carbonyl (C=O) groups is 1. The van der Waals surface area contributed by atoms with Crippen LogP contribution in [0.3, 0.4) is 0 Å². The van der Waals surface area contributed by atoms with E-state index in [1.54, 1.807) is 11.0 Å². The van der Waals surface area contributed by atoms with Crippen LogP contribution in [-0.2, 0) is 4.74 Å². The van der Waals surface area contributed by atoms with E-state index in [1.165, 1.54) is 12.1 Å². The SMILES string of the molecule is CC(C)(C)OC(=O)N1CCCC1C=Cc1cc(F)ccc1Br. The van der Waals surface area contributed by atoms with Crippen LogP contribution in [0.15, 0.2) is 28.7 Å². The Morgan fingerprint density at radius 1 is 1.45 bits per heavy atom. The van der Waals surface area contributed by atoms with Crippen LogP contribution < -0.4 is 0 Å². The molecule has 1 aromatic carbocycles. The number of benzene rings is 1. The normalized spacial score (nSPS) is 19.0. The second-order valence-corrected chi connectivity index (χ2v) is 7.26. The van der Waals surface area contributed by atoms with E-state index in [2.05, 4.69) is 15.9 Å². The summed E-state index contributed by atoms with van der Waals surface area (Å²) in [5.74, 6) is -0.279. The molecule has 0 spiro atoms. The molecule has 0 bridgehead atoms. The van der Waals surface area contributed by atoms with Crippen molar-refractivity contribution in [2.24, 2.45) is 0 Å². The molecule has 22 heavy (non-hydrogen) atoms. The van der Waals surface area contributed by atoms with Crippen molar-refractivity contribution in [2.45, 2.75) is 45.3 Å². The molecule has 0 saturated carbocycles. The number of carbonyl (C=O) groups excluding carboxylic acids is 1. The highest BCUT2D eigenvalue weighted by Gasteiger charge is 2.30. The van der Waals surface area contributed by atoms with E-state index in [0.717, 1.165) is 22.9 Å². The van der Waals surface area contributed by atoms with Gasteiger partial charge < -0.3 is 9.64 Å². The van der Waals surface area contributed by atoms with E-state index >= 15 is 0 Å². The Kier molecular flexibility index (Phi) is 5.27. The standard InChI is InChI=1S/C17H21BrFNO2/c1-17(2,3)22-16(21)20-10-4-5-14(20)8-6-12-11-13(19)7-9-15(12)18/h6-9,11,14H,4-5,10H2,1-3H3. The smallest absolute Gasteiger partial charge is 0.410 e. The van der Waals surface area contributed by atoms with Crippen LogP contribution >= 0.6 is 15.9 Å². The maximum absolute atomic E-state index is 13.3. The fourth-order valence-electron chi connectivity index (χ4n) is 2.40. The van der Waals surface area contributed by atoms with Gasteiger partial charge in [0, 0.05) is 11.0 Å². The monoisotopic (exact) mass is 369 g/mol. The van der Waals surface area contributed by atoms with Crippen molar-refractivity contribution >= 4 is 28.1 Å². The topological polar surface area (TPSA) is 29.5 Å². The lowest BCUT2D eigenvalue weighted by Gasteiger charge is -2.27. The largest absolute Gasteiger partial charge is 0.444 e. The third-order valence-corrected chi connectivity index (χ3v) is 4.11. The Labute approximate surface area is 139 Å². The summed E-state index contributed by atoms with van der Waals surface area (Å²) in [7, 11) is 0. The lowest BCUT2D eigenvalue weighted by atomic mass is 10.1. The van der Waals surface area contributed by atoms with Gasteiger partial charge in [0.25, 0.3) is 0 Å². The molecule has 120 valence electrons. The van der Waals surface area contributed by atoms with Crippen molar-refractivity contribution in [1.29, 1.82) is 0 Å². The van der Waals surface area contributed by atoms with Crippen LogP contribution in [0.4, 0.5) is 9.18 Å². The Bertz CT molecular complexity index is 581. The second kappa shape index (κ2) is 6.82. The minimum Gasteiger partial charge on any atom is -0.444 e. The average molecular weight is 370 g/mol. The molecule has 1 unspecified atom stereocenters. The summed E-state index contributed by atoms with van der Waals surface area (Å²) in [4.78, 5) is 13.9. The van der Waals surface area contributed by atoms with Gasteiger partial charge in [0.2, 0.25) is 0 Å². The molecule has 1 amide bonds. The number of halogens is 2. The number of likely N-dealkylation sites (tertiary alicyclic amines) is 1. The average Bonchev–Trinajstić information content (AvgIpc) is 2.86. The van der Waals surface area contributed by atoms with Crippen LogP contribution in [0.2, 0.25) is 0 Å². The number of hydrogen-bond acceptors (Lipinski definition) is 2. The highest BCUT2D eigenvalue weighted by atomic mass is 79.9. The molecule has 1 aliphatic heterocycles. The first-order chi connectivity index (χ1) is 10.3. The minimum absolute atomic E-state index is 0.00924. The van der Waals surface area contributed by atoms with Crippen LogP contribution in [-0.4, -0.2) is 29.2 Å². The van der Waals surface area contributed by atoms with Crippen LogP contribution in [0, 0.1) is 5.82 Å². The van der Waals surface area contributed by atoms with Gasteiger partial charge in [-0.1, -0.05) is 28.1 Å². The highest BCUT2D eigenvalue weighted by Crippen LogP contribution is 2.24. The van der Waals surface area contributed by atoms with Gasteiger partial charge in [0.05, 0.1) is 6.04 Å². The second-order valence-electron chi connectivity index (χ2n) is 6.41. The van der Waals surface area contributed by atoms with Crippen molar-refractivity contribution < 1.29 is 13.9 Å². The summed E-state index contributed by atoms with van der Waals surface area (Å²) in [6.45, 7) is 6.26. The third-order valence-electron chi connectivity index (χ3n) is 3.38. The van der Waals surface area contributed by atoms with Gasteiger partial charge in [0.15, 0.2) is 0 Å². The molecule has 1 saturated heterocycles. The summed E-state index contributed by atoms with van der Waals surface area (Å²) in [6, 6.07) is 4.54. The summed E-state index contributed by atoms with van der Waals surface area (Å²) >= 11 is 3.40. The highest BCUT2D eigenvalue weighted by molar-refractivity contribution is 9.10. The predicted molar refractivity (Wildman–Crippen MR) is 89.1 cm³/mol. The minimum atomic E-state index is -0.500. The summed E-state index contributed by atoms with van der Waals surface area (Å²) in [6.07, 6.45) is 5.33. The summed E-state index contributed by atoms with van der Waals surface area (Å²) in [5, 5.41) is 0. The predicted octanol–water partition coefficient (Wildman–Crippen LogP) is 5.00. The molecule has 0 aromatic heterocycles. The van der Waals surface area contributed by atoms with E-state index in [4.69, 9.17) is 4.74 Å². The lowest BCUT2D eigenvalue weighted by molar-refractivity contribution is 0.0256. The molecule has 1 aromatic rings. The molecule has 0 radical (unpaired) electrons. The van der Waals surface area contributed by atoms with Gasteiger partial charge in [0.1, 0.15) is 11.4 Å². The number of ether oxygens (including phenoxy) is 1. The maximum Gasteiger partial charge on any atom is 0.410 e. The number of rotatable bonds is 2. The third kappa shape index (κ3) is 4.57. The Hall–Kier alpha value is -1.36. The van der Waals surface area contributed by atoms with Crippen molar-refractivity contribution in [3.05, 3.63) is 40.1 Å². The molecule has 3 nitrogen and oxygen atoms in total. The number of hydrogen-bond donors (Lipinski definition) is 0. The molecule has 2 rings (SSSR count). The Balaban J connectivity index is 2.09. The quantitative estimate of drug-likeness (QED) is 0.733. The fourth-order valence-corrected chi connectivity index (χ4v) is 2.78. The molecular weight excluding hydrogens is 349 g/mol. The lowest BCUT2D eigenvalue weighted by Crippen LogP contribution is -2.39. The zero-order valence-electron chi connectivity index (χ0n) is 13.1. The molecule has 1 fully saturated rings. The van der Waals surface area contributed by atoms with E-state index in [-0.39, 0.29) is 18.0 Å². The van der Waals surface area contributed by atoms with Crippen molar-refractivity contribution in [1.82, 2.24) is 4.90 Å². The molecule has 1 atom stereocenters. The van der Waals surface area contributed by atoms with Gasteiger partial charge in [-0.3, -0.25) is 0 Å². The summed E-state index contributed by atoms with van der Waals surface area (Å²) in [5.41, 5.74) is 0.260. The van der Waals surface area contributed by atoms with Crippen LogP contribution in [0.1, 0.15) is 39.2 Å². The first kappa shape index (κ1) is 17.0. The van der Waals surface area contributed by atoms with Gasteiger partial charge in [-0.15, -0.1) is 0 Å². The molecule has 1 aliphatic rings. The molecule has 0 aliphatic carbocycles. The van der Waals surface area contributed by atoms with E-state index in [9.17, 15) is 9.18 Å². The fraction of sp³-hybridized carbons (Fsp3) is 0.471. The van der Waals surface area contributed by atoms with E-state index in [0.29, 0.717) is 6.54 Å².